The number of hydrogen-bond donors (Lipinski definition) is 0. The molecule has 28 heavy (non-hydrogen) atoms. The van der Waals surface area contributed by atoms with Gasteiger partial charge in [0, 0.05) is 30.0 Å². The normalized spacial score (nSPS) is 11.6. The van der Waals surface area contributed by atoms with Crippen LogP contribution in [-0.2, 0) is 20.9 Å². The Bertz CT molecular complexity index is 855. The first-order chi connectivity index (χ1) is 13.3. The lowest BCUT2D eigenvalue weighted by Crippen LogP contribution is -2.11. The van der Waals surface area contributed by atoms with Crippen LogP contribution in [0.5, 0.6) is 0 Å². The number of carbonyl (C=O) groups excluding carboxylic acids is 1. The summed E-state index contributed by atoms with van der Waals surface area (Å²) in [7, 11) is 2.98. The van der Waals surface area contributed by atoms with E-state index in [9.17, 15) is 9.18 Å². The third-order valence-electron chi connectivity index (χ3n) is 4.50. The van der Waals surface area contributed by atoms with E-state index in [1.807, 2.05) is 0 Å². The molecule has 0 atom stereocenters. The second-order valence-electron chi connectivity index (χ2n) is 7.26. The number of pyridine rings is 1. The molecule has 150 valence electrons. The van der Waals surface area contributed by atoms with Gasteiger partial charge in [0.15, 0.2) is 0 Å². The summed E-state index contributed by atoms with van der Waals surface area (Å²) in [6.45, 7) is 8.66. The molecule has 1 aromatic heterocycles. The fraction of sp³-hybridized carbons (Fsp3) is 0.391. The van der Waals surface area contributed by atoms with Crippen LogP contribution in [0.3, 0.4) is 0 Å². The van der Waals surface area contributed by atoms with Crippen molar-refractivity contribution in [2.24, 2.45) is 0 Å². The van der Waals surface area contributed by atoms with Gasteiger partial charge in [-0.3, -0.25) is 4.98 Å². The highest BCUT2D eigenvalue weighted by Crippen LogP contribution is 2.37. The van der Waals surface area contributed by atoms with Gasteiger partial charge in [-0.1, -0.05) is 39.8 Å². The summed E-state index contributed by atoms with van der Waals surface area (Å²) in [4.78, 5) is 16.7. The minimum absolute atomic E-state index is 0.130. The molecule has 2 rings (SSSR count). The molecule has 0 radical (unpaired) electrons. The molecule has 0 unspecified atom stereocenters. The number of esters is 1. The number of benzene rings is 1. The van der Waals surface area contributed by atoms with Crippen molar-refractivity contribution in [1.82, 2.24) is 4.98 Å². The quantitative estimate of drug-likeness (QED) is 0.469. The van der Waals surface area contributed by atoms with Gasteiger partial charge in [-0.2, -0.15) is 0 Å². The Kier molecular flexibility index (Phi) is 7.46. The zero-order valence-electron chi connectivity index (χ0n) is 17.4. The van der Waals surface area contributed by atoms with E-state index in [4.69, 9.17) is 14.5 Å². The van der Waals surface area contributed by atoms with Crippen LogP contribution in [-0.4, -0.2) is 25.2 Å². The van der Waals surface area contributed by atoms with E-state index in [0.29, 0.717) is 6.61 Å². The van der Waals surface area contributed by atoms with Crippen molar-refractivity contribution in [3.8, 4) is 11.1 Å². The summed E-state index contributed by atoms with van der Waals surface area (Å²) < 4.78 is 23.8. The van der Waals surface area contributed by atoms with Gasteiger partial charge in [-0.25, -0.2) is 9.18 Å². The lowest BCUT2D eigenvalue weighted by atomic mass is 9.87. The zero-order valence-corrected chi connectivity index (χ0v) is 17.4. The molecule has 0 amide bonds. The highest BCUT2D eigenvalue weighted by Gasteiger charge is 2.22. The third-order valence-corrected chi connectivity index (χ3v) is 4.50. The molecule has 5 heteroatoms. The number of ether oxygens (including phenoxy) is 2. The Morgan fingerprint density at radius 1 is 1.07 bits per heavy atom. The van der Waals surface area contributed by atoms with E-state index in [2.05, 4.69) is 27.7 Å². The van der Waals surface area contributed by atoms with Gasteiger partial charge >= 0.3 is 5.97 Å². The zero-order chi connectivity index (χ0) is 20.8. The summed E-state index contributed by atoms with van der Waals surface area (Å²) in [5.41, 5.74) is 5.35. The summed E-state index contributed by atoms with van der Waals surface area (Å²) in [5, 5.41) is 0. The van der Waals surface area contributed by atoms with Crippen LogP contribution in [0.15, 0.2) is 30.3 Å². The second kappa shape index (κ2) is 9.60. The standard InChI is InChI=1S/C23H28FNO3/c1-14(2)22-18(11-12-20(26)28-6)21(16-7-9-17(24)10-8-16)19(13-27-5)23(25-22)15(3)4/h7-12,14-15H,13H2,1-6H3/b12-11+. The van der Waals surface area contributed by atoms with Gasteiger partial charge in [-0.15, -0.1) is 0 Å². The minimum Gasteiger partial charge on any atom is -0.466 e. The number of carbonyl (C=O) groups is 1. The van der Waals surface area contributed by atoms with Gasteiger partial charge in [0.2, 0.25) is 0 Å². The molecule has 0 aliphatic rings. The van der Waals surface area contributed by atoms with Crippen LogP contribution in [0, 0.1) is 5.82 Å². The number of halogens is 1. The molecule has 0 saturated carbocycles. The van der Waals surface area contributed by atoms with Crippen molar-refractivity contribution in [3.05, 3.63) is 58.7 Å². The molecule has 0 aliphatic heterocycles. The van der Waals surface area contributed by atoms with E-state index in [0.717, 1.165) is 33.6 Å². The van der Waals surface area contributed by atoms with Crippen molar-refractivity contribution in [2.75, 3.05) is 14.2 Å². The molecular formula is C23H28FNO3. The average molecular weight is 385 g/mol. The van der Waals surface area contributed by atoms with Gasteiger partial charge < -0.3 is 9.47 Å². The lowest BCUT2D eigenvalue weighted by molar-refractivity contribution is -0.134. The van der Waals surface area contributed by atoms with E-state index in [1.165, 1.54) is 25.3 Å². The Morgan fingerprint density at radius 3 is 2.18 bits per heavy atom. The Hall–Kier alpha value is -2.53. The number of aromatic nitrogens is 1. The molecule has 4 nitrogen and oxygen atoms in total. The predicted octanol–water partition coefficient (Wildman–Crippen LogP) is 5.47. The lowest BCUT2D eigenvalue weighted by Gasteiger charge is -2.23. The van der Waals surface area contributed by atoms with Gasteiger partial charge in [0.05, 0.1) is 19.4 Å². The number of methoxy groups -OCH3 is 2. The number of hydrogen-bond acceptors (Lipinski definition) is 4. The molecule has 1 aromatic carbocycles. The second-order valence-corrected chi connectivity index (χ2v) is 7.26. The van der Waals surface area contributed by atoms with Crippen molar-refractivity contribution >= 4 is 12.0 Å². The van der Waals surface area contributed by atoms with Crippen LogP contribution >= 0.6 is 0 Å². The summed E-state index contributed by atoms with van der Waals surface area (Å²) >= 11 is 0. The molecule has 1 heterocycles. The summed E-state index contributed by atoms with van der Waals surface area (Å²) in [6.07, 6.45) is 3.12. The minimum atomic E-state index is -0.444. The smallest absolute Gasteiger partial charge is 0.330 e. The Balaban J connectivity index is 2.92. The number of nitrogens with zero attached hydrogens (tertiary/aromatic N) is 1. The maximum Gasteiger partial charge on any atom is 0.330 e. The fourth-order valence-electron chi connectivity index (χ4n) is 3.22. The Labute approximate surface area is 166 Å². The largest absolute Gasteiger partial charge is 0.466 e. The van der Waals surface area contributed by atoms with Crippen LogP contribution in [0.2, 0.25) is 0 Å². The highest BCUT2D eigenvalue weighted by molar-refractivity contribution is 5.90. The molecule has 0 fully saturated rings. The van der Waals surface area contributed by atoms with E-state index in [-0.39, 0.29) is 17.7 Å². The van der Waals surface area contributed by atoms with Gasteiger partial charge in [-0.05, 0) is 41.2 Å². The van der Waals surface area contributed by atoms with Crippen LogP contribution in [0.25, 0.3) is 17.2 Å². The first-order valence-corrected chi connectivity index (χ1v) is 9.37. The Morgan fingerprint density at radius 2 is 1.68 bits per heavy atom. The van der Waals surface area contributed by atoms with E-state index in [1.54, 1.807) is 25.3 Å². The maximum absolute atomic E-state index is 13.6. The predicted molar refractivity (Wildman–Crippen MR) is 110 cm³/mol. The van der Waals surface area contributed by atoms with Crippen molar-refractivity contribution in [3.63, 3.8) is 0 Å². The van der Waals surface area contributed by atoms with Crippen LogP contribution in [0.1, 0.15) is 62.0 Å². The molecule has 0 aliphatic carbocycles. The molecule has 0 spiro atoms. The average Bonchev–Trinajstić information content (AvgIpc) is 2.66. The molecular weight excluding hydrogens is 357 g/mol. The van der Waals surface area contributed by atoms with Gasteiger partial charge in [0.25, 0.3) is 0 Å². The molecule has 0 N–H and O–H groups in total. The molecule has 0 bridgehead atoms. The SMILES string of the molecule is COCc1c(C(C)C)nc(C(C)C)c(/C=C/C(=O)OC)c1-c1ccc(F)cc1. The summed E-state index contributed by atoms with van der Waals surface area (Å²) in [6, 6.07) is 6.36. The van der Waals surface area contributed by atoms with Crippen LogP contribution in [0.4, 0.5) is 4.39 Å². The third kappa shape index (κ3) is 4.84. The van der Waals surface area contributed by atoms with Crippen molar-refractivity contribution in [1.29, 1.82) is 0 Å². The summed E-state index contributed by atoms with van der Waals surface area (Å²) in [5.74, 6) is -0.432. The maximum atomic E-state index is 13.6. The monoisotopic (exact) mass is 385 g/mol. The van der Waals surface area contributed by atoms with Gasteiger partial charge in [0.1, 0.15) is 5.82 Å². The molecule has 2 aromatic rings. The number of rotatable bonds is 7. The van der Waals surface area contributed by atoms with Crippen molar-refractivity contribution < 1.29 is 18.7 Å². The first-order valence-electron chi connectivity index (χ1n) is 9.37. The van der Waals surface area contributed by atoms with Crippen molar-refractivity contribution in [2.45, 2.75) is 46.1 Å². The molecule has 0 saturated heterocycles. The van der Waals surface area contributed by atoms with E-state index < -0.39 is 5.97 Å². The first kappa shape index (κ1) is 21.8. The highest BCUT2D eigenvalue weighted by atomic mass is 19.1. The van der Waals surface area contributed by atoms with Crippen LogP contribution < -0.4 is 0 Å². The fourth-order valence-corrected chi connectivity index (χ4v) is 3.22. The van der Waals surface area contributed by atoms with E-state index >= 15 is 0 Å². The topological polar surface area (TPSA) is 48.4 Å².